The maximum Gasteiger partial charge on any atom is 0.332 e. The van der Waals surface area contributed by atoms with Crippen molar-refractivity contribution >= 4 is 11.7 Å². The first-order valence-corrected chi connectivity index (χ1v) is 6.46. The zero-order valence-electron chi connectivity index (χ0n) is 10.3. The van der Waals surface area contributed by atoms with Crippen LogP contribution in [-0.2, 0) is 0 Å². The van der Waals surface area contributed by atoms with E-state index in [4.69, 9.17) is 5.73 Å². The topological polar surface area (TPSA) is 67.5 Å². The summed E-state index contributed by atoms with van der Waals surface area (Å²) in [5, 5.41) is 4.24. The number of hydrogen-bond donors (Lipinski definition) is 2. The Morgan fingerprint density at radius 2 is 1.94 bits per heavy atom. The molecule has 4 nitrogen and oxygen atoms in total. The number of primary amides is 1. The van der Waals surface area contributed by atoms with E-state index in [-0.39, 0.29) is 5.41 Å². The highest BCUT2D eigenvalue weighted by molar-refractivity contribution is 5.94. The van der Waals surface area contributed by atoms with Gasteiger partial charge in [0.2, 0.25) is 0 Å². The van der Waals surface area contributed by atoms with Crippen LogP contribution in [0.15, 0.2) is 17.3 Å². The molecule has 94 valence electrons. The molecule has 0 aromatic rings. The van der Waals surface area contributed by atoms with Crippen LogP contribution >= 0.6 is 0 Å². The number of nitrogens with one attached hydrogen (secondary N) is 1. The number of hydrazone groups is 1. The van der Waals surface area contributed by atoms with E-state index in [1.165, 1.54) is 24.8 Å². The Hall–Kier alpha value is -1.32. The number of hydrogen-bond acceptors (Lipinski definition) is 2. The molecule has 0 unspecified atom stereocenters. The van der Waals surface area contributed by atoms with Gasteiger partial charge in [0, 0.05) is 11.1 Å². The lowest BCUT2D eigenvalue weighted by molar-refractivity contribution is 0.248. The summed E-state index contributed by atoms with van der Waals surface area (Å²) in [5.74, 6) is 0. The lowest BCUT2D eigenvalue weighted by Gasteiger charge is -2.43. The van der Waals surface area contributed by atoms with Crippen LogP contribution in [-0.4, -0.2) is 11.7 Å². The molecule has 1 spiro atoms. The molecule has 0 atom stereocenters. The van der Waals surface area contributed by atoms with Crippen LogP contribution < -0.4 is 11.2 Å². The number of carbonyl (C=O) groups excluding carboxylic acids is 1. The molecule has 0 heterocycles. The first kappa shape index (κ1) is 12.1. The normalized spacial score (nSPS) is 26.1. The summed E-state index contributed by atoms with van der Waals surface area (Å²) < 4.78 is 0. The van der Waals surface area contributed by atoms with Gasteiger partial charge in [-0.1, -0.05) is 31.4 Å². The maximum atomic E-state index is 10.8. The van der Waals surface area contributed by atoms with Gasteiger partial charge >= 0.3 is 6.03 Å². The zero-order chi connectivity index (χ0) is 12.3. The second-order valence-electron chi connectivity index (χ2n) is 5.13. The zero-order valence-corrected chi connectivity index (χ0v) is 10.3. The first-order valence-electron chi connectivity index (χ1n) is 6.46. The fourth-order valence-electron chi connectivity index (χ4n) is 3.23. The van der Waals surface area contributed by atoms with E-state index in [1.54, 1.807) is 0 Å². The lowest BCUT2D eigenvalue weighted by Crippen LogP contribution is -2.40. The molecule has 0 radical (unpaired) electrons. The van der Waals surface area contributed by atoms with E-state index in [9.17, 15) is 4.79 Å². The second-order valence-corrected chi connectivity index (χ2v) is 5.13. The minimum Gasteiger partial charge on any atom is -0.350 e. The molecule has 0 aliphatic heterocycles. The van der Waals surface area contributed by atoms with Crippen molar-refractivity contribution < 1.29 is 4.79 Å². The Morgan fingerprint density at radius 3 is 2.59 bits per heavy atom. The molecule has 0 aromatic carbocycles. The molecule has 2 fully saturated rings. The summed E-state index contributed by atoms with van der Waals surface area (Å²) in [6, 6.07) is -0.584. The van der Waals surface area contributed by atoms with Gasteiger partial charge in [0.15, 0.2) is 0 Å². The average Bonchev–Trinajstić information content (AvgIpc) is 2.32. The van der Waals surface area contributed by atoms with Crippen molar-refractivity contribution in [3.8, 4) is 0 Å². The molecule has 2 rings (SSSR count). The third-order valence-corrected chi connectivity index (χ3v) is 4.13. The second kappa shape index (κ2) is 4.90. The molecule has 3 N–H and O–H groups in total. The van der Waals surface area contributed by atoms with Gasteiger partial charge in [-0.3, -0.25) is 0 Å². The molecule has 4 heteroatoms. The number of allylic oxidation sites excluding steroid dienone is 1. The van der Waals surface area contributed by atoms with Crippen LogP contribution in [0.5, 0.6) is 0 Å². The molecular formula is C13H21N3O. The van der Waals surface area contributed by atoms with Gasteiger partial charge in [-0.15, -0.1) is 0 Å². The monoisotopic (exact) mass is 235 g/mol. The SMILES string of the molecule is C=C1CCC/C(=N\NC(N)=O)C12CCCCC2. The van der Waals surface area contributed by atoms with Crippen molar-refractivity contribution in [1.29, 1.82) is 0 Å². The summed E-state index contributed by atoms with van der Waals surface area (Å²) >= 11 is 0. The van der Waals surface area contributed by atoms with E-state index in [2.05, 4.69) is 17.1 Å². The number of nitrogens with zero attached hydrogens (tertiary/aromatic N) is 1. The summed E-state index contributed by atoms with van der Waals surface area (Å²) in [6.45, 7) is 4.24. The minimum atomic E-state index is -0.584. The molecular weight excluding hydrogens is 214 g/mol. The highest BCUT2D eigenvalue weighted by Gasteiger charge is 2.41. The summed E-state index contributed by atoms with van der Waals surface area (Å²) in [4.78, 5) is 10.8. The van der Waals surface area contributed by atoms with Crippen LogP contribution in [0.1, 0.15) is 51.4 Å². The van der Waals surface area contributed by atoms with Crippen LogP contribution in [0.2, 0.25) is 0 Å². The van der Waals surface area contributed by atoms with Crippen molar-refractivity contribution in [1.82, 2.24) is 5.43 Å². The van der Waals surface area contributed by atoms with Crippen molar-refractivity contribution in [3.63, 3.8) is 0 Å². The molecule has 0 saturated heterocycles. The van der Waals surface area contributed by atoms with Crippen molar-refractivity contribution in [3.05, 3.63) is 12.2 Å². The number of carbonyl (C=O) groups is 1. The highest BCUT2D eigenvalue weighted by Crippen LogP contribution is 2.48. The third kappa shape index (κ3) is 2.35. The van der Waals surface area contributed by atoms with Crippen LogP contribution in [0.3, 0.4) is 0 Å². The maximum absolute atomic E-state index is 10.8. The fourth-order valence-corrected chi connectivity index (χ4v) is 3.23. The molecule has 2 aliphatic carbocycles. The predicted molar refractivity (Wildman–Crippen MR) is 68.7 cm³/mol. The standard InChI is InChI=1S/C13H21N3O/c1-10-6-5-7-11(15-16-12(14)17)13(10)8-3-2-4-9-13/h1-9H2,(H3,14,16,17)/b15-11+. The van der Waals surface area contributed by atoms with Crippen molar-refractivity contribution in [2.24, 2.45) is 16.3 Å². The Labute approximate surface area is 102 Å². The summed E-state index contributed by atoms with van der Waals surface area (Å²) in [5.41, 5.74) is 9.92. The van der Waals surface area contributed by atoms with Crippen LogP contribution in [0, 0.1) is 5.41 Å². The number of amides is 2. The molecule has 2 amide bonds. The van der Waals surface area contributed by atoms with Crippen molar-refractivity contribution in [2.45, 2.75) is 51.4 Å². The van der Waals surface area contributed by atoms with Crippen molar-refractivity contribution in [2.75, 3.05) is 0 Å². The number of rotatable bonds is 1. The quantitative estimate of drug-likeness (QED) is 0.532. The van der Waals surface area contributed by atoms with E-state index in [1.807, 2.05) is 0 Å². The van der Waals surface area contributed by atoms with Gasteiger partial charge in [0.1, 0.15) is 0 Å². The highest BCUT2D eigenvalue weighted by atomic mass is 16.2. The molecule has 0 bridgehead atoms. The molecule has 2 saturated carbocycles. The Kier molecular flexibility index (Phi) is 3.50. The van der Waals surface area contributed by atoms with Crippen LogP contribution in [0.4, 0.5) is 4.79 Å². The summed E-state index contributed by atoms with van der Waals surface area (Å²) in [7, 11) is 0. The Balaban J connectivity index is 2.24. The smallest absolute Gasteiger partial charge is 0.332 e. The van der Waals surface area contributed by atoms with Gasteiger partial charge in [0.25, 0.3) is 0 Å². The van der Waals surface area contributed by atoms with Gasteiger partial charge in [-0.05, 0) is 32.1 Å². The summed E-state index contributed by atoms with van der Waals surface area (Å²) in [6.07, 6.45) is 9.15. The van der Waals surface area contributed by atoms with E-state index >= 15 is 0 Å². The van der Waals surface area contributed by atoms with E-state index in [0.717, 1.165) is 37.8 Å². The largest absolute Gasteiger partial charge is 0.350 e. The Morgan fingerprint density at radius 1 is 1.24 bits per heavy atom. The number of nitrogens with two attached hydrogens (primary N) is 1. The predicted octanol–water partition coefficient (Wildman–Crippen LogP) is 2.70. The number of urea groups is 1. The Bertz CT molecular complexity index is 354. The molecule has 0 aromatic heterocycles. The minimum absolute atomic E-state index is 0.0545. The van der Waals surface area contributed by atoms with E-state index in [0.29, 0.717) is 0 Å². The third-order valence-electron chi connectivity index (χ3n) is 4.13. The van der Waals surface area contributed by atoms with Gasteiger partial charge in [0.05, 0.1) is 0 Å². The molecule has 2 aliphatic rings. The first-order chi connectivity index (χ1) is 8.15. The molecule has 17 heavy (non-hydrogen) atoms. The average molecular weight is 235 g/mol. The van der Waals surface area contributed by atoms with Crippen LogP contribution in [0.25, 0.3) is 0 Å². The van der Waals surface area contributed by atoms with Gasteiger partial charge in [-0.2, -0.15) is 5.10 Å². The van der Waals surface area contributed by atoms with Gasteiger partial charge < -0.3 is 5.73 Å². The lowest BCUT2D eigenvalue weighted by atomic mass is 9.62. The van der Waals surface area contributed by atoms with E-state index < -0.39 is 6.03 Å². The fraction of sp³-hybridized carbons (Fsp3) is 0.692. The van der Waals surface area contributed by atoms with Gasteiger partial charge in [-0.25, -0.2) is 10.2 Å².